The number of aliphatic hydroxyl groups excluding tert-OH is 4. The van der Waals surface area contributed by atoms with Crippen LogP contribution in [0, 0.1) is 5.92 Å². The van der Waals surface area contributed by atoms with Gasteiger partial charge >= 0.3 is 0 Å². The molecule has 0 amide bonds. The van der Waals surface area contributed by atoms with E-state index in [0.717, 1.165) is 0 Å². The second kappa shape index (κ2) is 3.32. The van der Waals surface area contributed by atoms with Crippen LogP contribution in [0.3, 0.4) is 0 Å². The third-order valence-electron chi connectivity index (χ3n) is 1.90. The molecule has 0 saturated heterocycles. The van der Waals surface area contributed by atoms with E-state index in [1.807, 2.05) is 0 Å². The molecule has 1 rings (SSSR count). The molecule has 0 aliphatic heterocycles. The van der Waals surface area contributed by atoms with Crippen molar-refractivity contribution >= 4 is 0 Å². The van der Waals surface area contributed by atoms with Crippen molar-refractivity contribution in [3.63, 3.8) is 0 Å². The summed E-state index contributed by atoms with van der Waals surface area (Å²) < 4.78 is 0. The molecule has 4 heteroatoms. The first-order chi connectivity index (χ1) is 5.16. The average molecular weight is 160 g/mol. The third-order valence-corrected chi connectivity index (χ3v) is 1.90. The first-order valence-corrected chi connectivity index (χ1v) is 3.50. The maximum Gasteiger partial charge on any atom is 0.110 e. The number of hydrogen-bond acceptors (Lipinski definition) is 4. The van der Waals surface area contributed by atoms with Crippen LogP contribution in [0.25, 0.3) is 0 Å². The lowest BCUT2D eigenvalue weighted by Gasteiger charge is -2.29. The molecule has 11 heavy (non-hydrogen) atoms. The molecule has 64 valence electrons. The number of rotatable bonds is 1. The van der Waals surface area contributed by atoms with Crippen LogP contribution in [0.1, 0.15) is 0 Å². The molecule has 1 aliphatic rings. The minimum absolute atomic E-state index is 0.221. The number of hydrogen-bond donors (Lipinski definition) is 4. The standard InChI is InChI=1S/C7H12O4/c8-3-4-1-2-5(9)7(11)6(4)10/h1-2,4-11H,3H2/t4?,5-,6?,7?/m1/s1. The van der Waals surface area contributed by atoms with Gasteiger partial charge in [-0.1, -0.05) is 12.2 Å². The molecule has 4 N–H and O–H groups in total. The van der Waals surface area contributed by atoms with Gasteiger partial charge in [-0.15, -0.1) is 0 Å². The Labute approximate surface area is 64.4 Å². The van der Waals surface area contributed by atoms with Crippen molar-refractivity contribution < 1.29 is 20.4 Å². The van der Waals surface area contributed by atoms with E-state index in [1.54, 1.807) is 0 Å². The molecule has 3 unspecified atom stereocenters. The van der Waals surface area contributed by atoms with E-state index >= 15 is 0 Å². The predicted octanol–water partition coefficient (Wildman–Crippen LogP) is -1.75. The monoisotopic (exact) mass is 160 g/mol. The van der Waals surface area contributed by atoms with Crippen LogP contribution in [-0.4, -0.2) is 45.3 Å². The van der Waals surface area contributed by atoms with Gasteiger partial charge in [0.1, 0.15) is 12.2 Å². The highest BCUT2D eigenvalue weighted by atomic mass is 16.4. The normalized spacial score (nSPS) is 44.4. The fourth-order valence-corrected chi connectivity index (χ4v) is 1.11. The minimum atomic E-state index is -1.18. The zero-order valence-corrected chi connectivity index (χ0v) is 5.96. The highest BCUT2D eigenvalue weighted by Crippen LogP contribution is 2.18. The molecule has 0 spiro atoms. The summed E-state index contributed by atoms with van der Waals surface area (Å²) in [5, 5.41) is 35.9. The molecule has 0 aromatic carbocycles. The minimum Gasteiger partial charge on any atom is -0.396 e. The molecule has 0 radical (unpaired) electrons. The lowest BCUT2D eigenvalue weighted by Crippen LogP contribution is -2.44. The Morgan fingerprint density at radius 1 is 1.00 bits per heavy atom. The van der Waals surface area contributed by atoms with Gasteiger partial charge in [-0.2, -0.15) is 0 Å². The Bertz CT molecular complexity index is 157. The topological polar surface area (TPSA) is 80.9 Å². The van der Waals surface area contributed by atoms with Crippen LogP contribution in [-0.2, 0) is 0 Å². The average Bonchev–Trinajstić information content (AvgIpc) is 2.01. The van der Waals surface area contributed by atoms with Crippen molar-refractivity contribution in [3.05, 3.63) is 12.2 Å². The molecule has 0 aromatic rings. The Morgan fingerprint density at radius 3 is 2.18 bits per heavy atom. The van der Waals surface area contributed by atoms with Gasteiger partial charge in [-0.25, -0.2) is 0 Å². The van der Waals surface area contributed by atoms with E-state index in [9.17, 15) is 5.11 Å². The molecule has 0 fully saturated rings. The number of aliphatic hydroxyl groups is 4. The van der Waals surface area contributed by atoms with Gasteiger partial charge in [0.25, 0.3) is 0 Å². The van der Waals surface area contributed by atoms with E-state index in [0.29, 0.717) is 0 Å². The quantitative estimate of drug-likeness (QED) is 0.343. The Kier molecular flexibility index (Phi) is 2.62. The van der Waals surface area contributed by atoms with Crippen molar-refractivity contribution in [1.82, 2.24) is 0 Å². The smallest absolute Gasteiger partial charge is 0.110 e. The summed E-state index contributed by atoms with van der Waals surface area (Å²) >= 11 is 0. The SMILES string of the molecule is OCC1C=C[C@@H](O)C(O)C1O. The van der Waals surface area contributed by atoms with Crippen molar-refractivity contribution in [1.29, 1.82) is 0 Å². The lowest BCUT2D eigenvalue weighted by atomic mass is 9.89. The van der Waals surface area contributed by atoms with Gasteiger partial charge in [0.15, 0.2) is 0 Å². The highest BCUT2D eigenvalue weighted by Gasteiger charge is 2.31. The molecule has 4 atom stereocenters. The Hall–Kier alpha value is -0.420. The zero-order chi connectivity index (χ0) is 8.43. The molecular formula is C7H12O4. The molecule has 0 heterocycles. The van der Waals surface area contributed by atoms with Gasteiger partial charge in [0.2, 0.25) is 0 Å². The summed E-state index contributed by atoms with van der Waals surface area (Å²) in [5.41, 5.74) is 0. The van der Waals surface area contributed by atoms with Gasteiger partial charge in [0.05, 0.1) is 12.7 Å². The molecule has 4 nitrogen and oxygen atoms in total. The van der Waals surface area contributed by atoms with Crippen LogP contribution in [0.2, 0.25) is 0 Å². The van der Waals surface area contributed by atoms with Gasteiger partial charge in [0, 0.05) is 5.92 Å². The van der Waals surface area contributed by atoms with E-state index in [-0.39, 0.29) is 6.61 Å². The summed E-state index contributed by atoms with van der Waals surface area (Å²) in [6.07, 6.45) is -0.398. The molecule has 0 bridgehead atoms. The van der Waals surface area contributed by atoms with E-state index in [2.05, 4.69) is 0 Å². The summed E-state index contributed by atoms with van der Waals surface area (Å²) in [7, 11) is 0. The van der Waals surface area contributed by atoms with E-state index in [1.165, 1.54) is 12.2 Å². The fraction of sp³-hybridized carbons (Fsp3) is 0.714. The van der Waals surface area contributed by atoms with Gasteiger partial charge < -0.3 is 20.4 Å². The predicted molar refractivity (Wildman–Crippen MR) is 37.7 cm³/mol. The molecule has 0 aromatic heterocycles. The largest absolute Gasteiger partial charge is 0.396 e. The van der Waals surface area contributed by atoms with Gasteiger partial charge in [-0.3, -0.25) is 0 Å². The summed E-state index contributed by atoms with van der Waals surface area (Å²) in [5.74, 6) is -0.464. The first-order valence-electron chi connectivity index (χ1n) is 3.50. The van der Waals surface area contributed by atoms with Crippen LogP contribution in [0.5, 0.6) is 0 Å². The van der Waals surface area contributed by atoms with Crippen LogP contribution < -0.4 is 0 Å². The fourth-order valence-electron chi connectivity index (χ4n) is 1.11. The summed E-state index contributed by atoms with van der Waals surface area (Å²) in [4.78, 5) is 0. The van der Waals surface area contributed by atoms with Gasteiger partial charge in [-0.05, 0) is 0 Å². The second-order valence-corrected chi connectivity index (χ2v) is 2.70. The summed E-state index contributed by atoms with van der Waals surface area (Å²) in [6, 6.07) is 0. The summed E-state index contributed by atoms with van der Waals surface area (Å²) in [6.45, 7) is -0.221. The highest BCUT2D eigenvalue weighted by molar-refractivity contribution is 5.06. The van der Waals surface area contributed by atoms with E-state index < -0.39 is 24.2 Å². The third kappa shape index (κ3) is 1.59. The van der Waals surface area contributed by atoms with Crippen molar-refractivity contribution in [2.75, 3.05) is 6.61 Å². The Balaban J connectivity index is 2.68. The maximum atomic E-state index is 9.19. The van der Waals surface area contributed by atoms with Crippen LogP contribution in [0.15, 0.2) is 12.2 Å². The van der Waals surface area contributed by atoms with Crippen molar-refractivity contribution in [2.45, 2.75) is 18.3 Å². The van der Waals surface area contributed by atoms with Crippen LogP contribution >= 0.6 is 0 Å². The second-order valence-electron chi connectivity index (χ2n) is 2.70. The van der Waals surface area contributed by atoms with E-state index in [4.69, 9.17) is 15.3 Å². The van der Waals surface area contributed by atoms with Crippen molar-refractivity contribution in [3.8, 4) is 0 Å². The molecule has 0 saturated carbocycles. The zero-order valence-electron chi connectivity index (χ0n) is 5.96. The Morgan fingerprint density at radius 2 is 1.64 bits per heavy atom. The molecular weight excluding hydrogens is 148 g/mol. The molecule has 1 aliphatic carbocycles. The van der Waals surface area contributed by atoms with Crippen LogP contribution in [0.4, 0.5) is 0 Å². The maximum absolute atomic E-state index is 9.19. The van der Waals surface area contributed by atoms with Crippen molar-refractivity contribution in [2.24, 2.45) is 5.92 Å². The first kappa shape index (κ1) is 8.67. The lowest BCUT2D eigenvalue weighted by molar-refractivity contribution is -0.0728.